The van der Waals surface area contributed by atoms with Crippen molar-refractivity contribution in [2.75, 3.05) is 6.54 Å². The monoisotopic (exact) mass is 259 g/mol. The van der Waals surface area contributed by atoms with Crippen LogP contribution in [0.4, 0.5) is 0 Å². The first-order chi connectivity index (χ1) is 9.15. The van der Waals surface area contributed by atoms with Gasteiger partial charge in [0.25, 0.3) is 0 Å². The zero-order valence-electron chi connectivity index (χ0n) is 10.7. The second kappa shape index (κ2) is 8.16. The Bertz CT molecular complexity index is 442. The molecule has 0 unspecified atom stereocenters. The van der Waals surface area contributed by atoms with Crippen molar-refractivity contribution in [3.63, 3.8) is 0 Å². The largest absolute Gasteiger partial charge is 0.290 e. The van der Waals surface area contributed by atoms with Gasteiger partial charge in [0.15, 0.2) is 5.78 Å². The average molecular weight is 259 g/mol. The molecule has 0 bridgehead atoms. The molecule has 0 aromatic heterocycles. The Morgan fingerprint density at radius 2 is 1.21 bits per heavy atom. The standard InChI is InChI=1S/C13H10O.C2H7NO2/c14-13(11-7-3-1-4-8-11)12-9-5-2-6-10-12;1-2-3(4)5/h1-10H;4-5H,2H2,1H3. The number of ketones is 1. The van der Waals surface area contributed by atoms with E-state index in [1.54, 1.807) is 6.92 Å². The predicted octanol–water partition coefficient (Wildman–Crippen LogP) is 3.00. The third kappa shape index (κ3) is 5.44. The molecule has 0 heterocycles. The Morgan fingerprint density at radius 3 is 1.47 bits per heavy atom. The summed E-state index contributed by atoms with van der Waals surface area (Å²) in [6, 6.07) is 18.6. The molecule has 100 valence electrons. The van der Waals surface area contributed by atoms with E-state index in [1.807, 2.05) is 60.7 Å². The topological polar surface area (TPSA) is 60.8 Å². The van der Waals surface area contributed by atoms with Crippen molar-refractivity contribution >= 4 is 5.78 Å². The van der Waals surface area contributed by atoms with Gasteiger partial charge in [0, 0.05) is 17.7 Å². The summed E-state index contributed by atoms with van der Waals surface area (Å²) in [5.41, 5.74) is 1.47. The Balaban J connectivity index is 0.000000312. The summed E-state index contributed by atoms with van der Waals surface area (Å²) in [7, 11) is 0. The van der Waals surface area contributed by atoms with Crippen LogP contribution in [0.2, 0.25) is 0 Å². The van der Waals surface area contributed by atoms with Crippen LogP contribution in [0.15, 0.2) is 60.7 Å². The number of hydroxylamine groups is 2. The van der Waals surface area contributed by atoms with E-state index in [4.69, 9.17) is 10.4 Å². The van der Waals surface area contributed by atoms with Gasteiger partial charge in [-0.3, -0.25) is 15.2 Å². The van der Waals surface area contributed by atoms with Crippen LogP contribution in [0.1, 0.15) is 22.8 Å². The van der Waals surface area contributed by atoms with E-state index in [1.165, 1.54) is 0 Å². The summed E-state index contributed by atoms with van der Waals surface area (Å²) < 4.78 is 0. The van der Waals surface area contributed by atoms with E-state index >= 15 is 0 Å². The minimum absolute atomic E-state index is 0.0752. The highest BCUT2D eigenvalue weighted by Gasteiger charge is 2.06. The molecule has 4 heteroatoms. The molecule has 0 fully saturated rings. The molecular weight excluding hydrogens is 242 g/mol. The summed E-state index contributed by atoms with van der Waals surface area (Å²) in [6.07, 6.45) is 0. The lowest BCUT2D eigenvalue weighted by molar-refractivity contribution is -0.303. The van der Waals surface area contributed by atoms with Crippen LogP contribution in [-0.4, -0.2) is 28.0 Å². The number of carbonyl (C=O) groups is 1. The predicted molar refractivity (Wildman–Crippen MR) is 72.3 cm³/mol. The lowest BCUT2D eigenvalue weighted by atomic mass is 10.0. The third-order valence-corrected chi connectivity index (χ3v) is 2.35. The quantitative estimate of drug-likeness (QED) is 0.657. The smallest absolute Gasteiger partial charge is 0.193 e. The zero-order valence-corrected chi connectivity index (χ0v) is 10.7. The van der Waals surface area contributed by atoms with Gasteiger partial charge in [-0.1, -0.05) is 65.9 Å². The van der Waals surface area contributed by atoms with Gasteiger partial charge in [0.1, 0.15) is 0 Å². The number of hydrogen-bond acceptors (Lipinski definition) is 4. The van der Waals surface area contributed by atoms with E-state index < -0.39 is 0 Å². The molecule has 0 atom stereocenters. The maximum atomic E-state index is 11.8. The van der Waals surface area contributed by atoms with Crippen molar-refractivity contribution in [3.8, 4) is 0 Å². The molecule has 0 amide bonds. The van der Waals surface area contributed by atoms with Crippen LogP contribution in [0.25, 0.3) is 0 Å². The van der Waals surface area contributed by atoms with Crippen LogP contribution >= 0.6 is 0 Å². The Labute approximate surface area is 112 Å². The highest BCUT2D eigenvalue weighted by atomic mass is 16.8. The molecule has 2 aromatic rings. The molecule has 0 aliphatic rings. The van der Waals surface area contributed by atoms with E-state index in [9.17, 15) is 4.79 Å². The number of carbonyl (C=O) groups excluding carboxylic acids is 1. The molecule has 4 nitrogen and oxygen atoms in total. The van der Waals surface area contributed by atoms with Gasteiger partial charge in [0.05, 0.1) is 0 Å². The summed E-state index contributed by atoms with van der Waals surface area (Å²) in [6.45, 7) is 1.88. The molecule has 19 heavy (non-hydrogen) atoms. The van der Waals surface area contributed by atoms with E-state index in [-0.39, 0.29) is 17.6 Å². The molecule has 0 aliphatic carbocycles. The van der Waals surface area contributed by atoms with Crippen LogP contribution < -0.4 is 0 Å². The van der Waals surface area contributed by atoms with Crippen LogP contribution in [0.5, 0.6) is 0 Å². The first-order valence-corrected chi connectivity index (χ1v) is 5.95. The first kappa shape index (κ1) is 15.0. The number of hydrogen-bond donors (Lipinski definition) is 2. The second-order valence-corrected chi connectivity index (χ2v) is 3.75. The number of benzene rings is 2. The van der Waals surface area contributed by atoms with Gasteiger partial charge in [0.2, 0.25) is 0 Å². The van der Waals surface area contributed by atoms with Crippen LogP contribution in [-0.2, 0) is 0 Å². The first-order valence-electron chi connectivity index (χ1n) is 5.95. The lowest BCUT2D eigenvalue weighted by Gasteiger charge is -1.99. The molecule has 0 aliphatic heterocycles. The fourth-order valence-electron chi connectivity index (χ4n) is 1.35. The summed E-state index contributed by atoms with van der Waals surface area (Å²) in [5, 5.41) is 15.6. The Morgan fingerprint density at radius 1 is 0.895 bits per heavy atom. The minimum Gasteiger partial charge on any atom is -0.290 e. The SMILES string of the molecule is CCN(O)O.O=C(c1ccccc1)c1ccccc1. The summed E-state index contributed by atoms with van der Waals surface area (Å²) >= 11 is 0. The van der Waals surface area contributed by atoms with Gasteiger partial charge < -0.3 is 0 Å². The maximum Gasteiger partial charge on any atom is 0.193 e. The molecule has 0 saturated heterocycles. The maximum absolute atomic E-state index is 11.8. The Kier molecular flexibility index (Phi) is 6.46. The van der Waals surface area contributed by atoms with Crippen LogP contribution in [0.3, 0.4) is 0 Å². The zero-order chi connectivity index (χ0) is 14.1. The van der Waals surface area contributed by atoms with Gasteiger partial charge in [-0.05, 0) is 6.92 Å². The fraction of sp³-hybridized carbons (Fsp3) is 0.133. The lowest BCUT2D eigenvalue weighted by Crippen LogP contribution is -2.10. The van der Waals surface area contributed by atoms with Gasteiger partial charge >= 0.3 is 0 Å². The van der Waals surface area contributed by atoms with E-state index in [0.717, 1.165) is 11.1 Å². The second-order valence-electron chi connectivity index (χ2n) is 3.75. The summed E-state index contributed by atoms with van der Waals surface area (Å²) in [4.78, 5) is 11.8. The molecule has 2 rings (SSSR count). The Hall–Kier alpha value is -2.01. The van der Waals surface area contributed by atoms with Crippen LogP contribution in [0, 0.1) is 0 Å². The van der Waals surface area contributed by atoms with Gasteiger partial charge in [-0.25, -0.2) is 0 Å². The molecule has 0 spiro atoms. The molecule has 0 saturated carbocycles. The van der Waals surface area contributed by atoms with Crippen molar-refractivity contribution in [2.45, 2.75) is 6.92 Å². The van der Waals surface area contributed by atoms with Crippen molar-refractivity contribution in [3.05, 3.63) is 71.8 Å². The summed E-state index contributed by atoms with van der Waals surface area (Å²) in [5.74, 6) is 0.0752. The molecule has 0 radical (unpaired) electrons. The highest BCUT2D eigenvalue weighted by Crippen LogP contribution is 2.08. The van der Waals surface area contributed by atoms with Gasteiger partial charge in [-0.2, -0.15) is 0 Å². The highest BCUT2D eigenvalue weighted by molar-refractivity contribution is 6.08. The number of nitrogens with zero attached hydrogens (tertiary/aromatic N) is 1. The third-order valence-electron chi connectivity index (χ3n) is 2.35. The molecule has 2 N–H and O–H groups in total. The molecular formula is C15H17NO3. The minimum atomic E-state index is 0.0752. The normalized spacial score (nSPS) is 9.68. The average Bonchev–Trinajstić information content (AvgIpc) is 2.49. The van der Waals surface area contributed by atoms with Crippen molar-refractivity contribution in [1.82, 2.24) is 5.23 Å². The fourth-order valence-corrected chi connectivity index (χ4v) is 1.35. The molecule has 2 aromatic carbocycles. The van der Waals surface area contributed by atoms with E-state index in [0.29, 0.717) is 0 Å². The van der Waals surface area contributed by atoms with Crippen molar-refractivity contribution in [1.29, 1.82) is 0 Å². The van der Waals surface area contributed by atoms with E-state index in [2.05, 4.69) is 0 Å². The van der Waals surface area contributed by atoms with Gasteiger partial charge in [-0.15, -0.1) is 0 Å². The van der Waals surface area contributed by atoms with Crippen molar-refractivity contribution in [2.24, 2.45) is 0 Å². The van der Waals surface area contributed by atoms with Crippen molar-refractivity contribution < 1.29 is 15.2 Å². The number of rotatable bonds is 3.